The molecule has 2 amide bonds. The molecule has 1 aliphatic heterocycles. The predicted molar refractivity (Wildman–Crippen MR) is 98.2 cm³/mol. The second-order valence-corrected chi connectivity index (χ2v) is 6.71. The molecule has 1 heterocycles. The maximum atomic E-state index is 13.0. The van der Waals surface area contributed by atoms with E-state index in [0.29, 0.717) is 50.5 Å². The second-order valence-electron chi connectivity index (χ2n) is 6.71. The van der Waals surface area contributed by atoms with Crippen molar-refractivity contribution in [2.24, 2.45) is 11.7 Å². The van der Waals surface area contributed by atoms with Crippen LogP contribution in [0.1, 0.15) is 37.0 Å². The van der Waals surface area contributed by atoms with Gasteiger partial charge in [0.1, 0.15) is 5.82 Å². The number of nitrogens with zero attached hydrogens (tertiary/aromatic N) is 2. The van der Waals surface area contributed by atoms with Crippen molar-refractivity contribution >= 4 is 24.2 Å². The first-order valence-electron chi connectivity index (χ1n) is 8.47. The average molecular weight is 372 g/mol. The number of carbonyl (C=O) groups excluding carboxylic acids is 2. The normalized spacial score (nSPS) is 16.2. The summed E-state index contributed by atoms with van der Waals surface area (Å²) in [6, 6.07) is 5.07. The molecule has 0 radical (unpaired) electrons. The number of halogens is 2. The highest BCUT2D eigenvalue weighted by Crippen LogP contribution is 2.12. The first-order valence-corrected chi connectivity index (χ1v) is 8.47. The van der Waals surface area contributed by atoms with Crippen LogP contribution in [0.2, 0.25) is 0 Å². The van der Waals surface area contributed by atoms with Gasteiger partial charge in [0.25, 0.3) is 5.91 Å². The van der Waals surface area contributed by atoms with Crippen molar-refractivity contribution in [1.29, 1.82) is 0 Å². The van der Waals surface area contributed by atoms with Crippen molar-refractivity contribution in [3.05, 3.63) is 35.6 Å². The fourth-order valence-corrected chi connectivity index (χ4v) is 2.96. The first kappa shape index (κ1) is 21.4. The molecule has 0 unspecified atom stereocenters. The van der Waals surface area contributed by atoms with Crippen LogP contribution in [-0.4, -0.2) is 53.8 Å². The Balaban J connectivity index is 0.00000312. The molecule has 1 fully saturated rings. The Morgan fingerprint density at radius 3 is 2.24 bits per heavy atom. The molecular formula is C18H27ClFN3O2. The van der Waals surface area contributed by atoms with Gasteiger partial charge in [0, 0.05) is 31.7 Å². The lowest BCUT2D eigenvalue weighted by Crippen LogP contribution is -2.46. The molecule has 0 aromatic heterocycles. The van der Waals surface area contributed by atoms with Gasteiger partial charge in [-0.25, -0.2) is 4.39 Å². The van der Waals surface area contributed by atoms with Gasteiger partial charge < -0.3 is 15.5 Å². The third kappa shape index (κ3) is 5.97. The molecule has 7 heteroatoms. The largest absolute Gasteiger partial charge is 0.340 e. The zero-order chi connectivity index (χ0) is 17.7. The number of hydrogen-bond acceptors (Lipinski definition) is 3. The van der Waals surface area contributed by atoms with Gasteiger partial charge in [-0.15, -0.1) is 12.4 Å². The van der Waals surface area contributed by atoms with Crippen molar-refractivity contribution in [3.63, 3.8) is 0 Å². The van der Waals surface area contributed by atoms with Gasteiger partial charge in [-0.05, 0) is 43.0 Å². The Kier molecular flexibility index (Phi) is 8.32. The van der Waals surface area contributed by atoms with Crippen LogP contribution in [0, 0.1) is 11.7 Å². The number of benzene rings is 1. The van der Waals surface area contributed by atoms with Crippen LogP contribution in [-0.2, 0) is 4.79 Å². The maximum absolute atomic E-state index is 13.0. The highest BCUT2D eigenvalue weighted by Gasteiger charge is 2.26. The van der Waals surface area contributed by atoms with Crippen LogP contribution in [0.25, 0.3) is 0 Å². The number of rotatable bonds is 4. The molecule has 0 saturated carbocycles. The van der Waals surface area contributed by atoms with Gasteiger partial charge in [0.2, 0.25) is 5.91 Å². The van der Waals surface area contributed by atoms with Gasteiger partial charge in [-0.1, -0.05) is 13.8 Å². The molecule has 5 nitrogen and oxygen atoms in total. The summed E-state index contributed by atoms with van der Waals surface area (Å²) in [6.07, 6.45) is 1.38. The summed E-state index contributed by atoms with van der Waals surface area (Å²) in [6.45, 7) is 6.22. The Morgan fingerprint density at radius 2 is 1.64 bits per heavy atom. The lowest BCUT2D eigenvalue weighted by molar-refractivity contribution is -0.132. The number of carbonyl (C=O) groups is 2. The zero-order valence-electron chi connectivity index (χ0n) is 14.8. The van der Waals surface area contributed by atoms with E-state index in [1.165, 1.54) is 24.3 Å². The summed E-state index contributed by atoms with van der Waals surface area (Å²) in [5.74, 6) is -0.165. The smallest absolute Gasteiger partial charge is 0.253 e. The van der Waals surface area contributed by atoms with Crippen molar-refractivity contribution < 1.29 is 14.0 Å². The molecule has 0 bridgehead atoms. The lowest BCUT2D eigenvalue weighted by Gasteiger charge is -2.25. The summed E-state index contributed by atoms with van der Waals surface area (Å²) in [7, 11) is 0. The minimum absolute atomic E-state index is 0. The summed E-state index contributed by atoms with van der Waals surface area (Å²) in [5, 5.41) is 0. The summed E-state index contributed by atoms with van der Waals surface area (Å²) in [4.78, 5) is 28.4. The minimum Gasteiger partial charge on any atom is -0.340 e. The Labute approximate surface area is 154 Å². The van der Waals surface area contributed by atoms with Crippen molar-refractivity contribution in [2.75, 3.05) is 26.2 Å². The van der Waals surface area contributed by atoms with Gasteiger partial charge in [0.05, 0.1) is 6.04 Å². The highest BCUT2D eigenvalue weighted by molar-refractivity contribution is 5.94. The van der Waals surface area contributed by atoms with Crippen LogP contribution in [0.15, 0.2) is 24.3 Å². The molecule has 1 atom stereocenters. The van der Waals surface area contributed by atoms with Crippen LogP contribution < -0.4 is 5.73 Å². The van der Waals surface area contributed by atoms with E-state index in [-0.39, 0.29) is 30.0 Å². The molecule has 0 aliphatic carbocycles. The van der Waals surface area contributed by atoms with E-state index in [9.17, 15) is 14.0 Å². The number of nitrogens with two attached hydrogens (primary N) is 1. The lowest BCUT2D eigenvalue weighted by atomic mass is 10.0. The summed E-state index contributed by atoms with van der Waals surface area (Å²) in [5.41, 5.74) is 6.46. The Hall–Kier alpha value is -1.66. The molecule has 1 aromatic rings. The summed E-state index contributed by atoms with van der Waals surface area (Å²) >= 11 is 0. The van der Waals surface area contributed by atoms with E-state index in [4.69, 9.17) is 5.73 Å². The topological polar surface area (TPSA) is 66.6 Å². The third-order valence-electron chi connectivity index (χ3n) is 4.23. The molecule has 1 aromatic carbocycles. The molecule has 2 rings (SSSR count). The fourth-order valence-electron chi connectivity index (χ4n) is 2.96. The summed E-state index contributed by atoms with van der Waals surface area (Å²) < 4.78 is 13.0. The predicted octanol–water partition coefficient (Wildman–Crippen LogP) is 2.30. The molecule has 25 heavy (non-hydrogen) atoms. The first-order chi connectivity index (χ1) is 11.4. The van der Waals surface area contributed by atoms with Crippen LogP contribution in [0.5, 0.6) is 0 Å². The van der Waals surface area contributed by atoms with Gasteiger partial charge in [0.15, 0.2) is 0 Å². The number of amides is 2. The monoisotopic (exact) mass is 371 g/mol. The van der Waals surface area contributed by atoms with Crippen LogP contribution in [0.3, 0.4) is 0 Å². The van der Waals surface area contributed by atoms with Crippen LogP contribution in [0.4, 0.5) is 4.39 Å². The fraction of sp³-hybridized carbons (Fsp3) is 0.556. The van der Waals surface area contributed by atoms with E-state index in [0.717, 1.165) is 0 Å². The second kappa shape index (κ2) is 9.73. The third-order valence-corrected chi connectivity index (χ3v) is 4.23. The Morgan fingerprint density at radius 1 is 1.08 bits per heavy atom. The molecule has 2 N–H and O–H groups in total. The van der Waals surface area contributed by atoms with Crippen molar-refractivity contribution in [1.82, 2.24) is 9.80 Å². The molecule has 0 spiro atoms. The van der Waals surface area contributed by atoms with Gasteiger partial charge in [-0.3, -0.25) is 9.59 Å². The standard InChI is InChI=1S/C18H26FN3O2.ClH/c1-13(2)12-16(20)18(24)22-9-3-8-21(10-11-22)17(23)14-4-6-15(19)7-5-14;/h4-7,13,16H,3,8-12,20H2,1-2H3;1H/t16-;/m0./s1. The van der Waals surface area contributed by atoms with Crippen molar-refractivity contribution in [3.8, 4) is 0 Å². The van der Waals surface area contributed by atoms with Gasteiger partial charge >= 0.3 is 0 Å². The highest BCUT2D eigenvalue weighted by atomic mass is 35.5. The molecule has 140 valence electrons. The van der Waals surface area contributed by atoms with Gasteiger partial charge in [-0.2, -0.15) is 0 Å². The van der Waals surface area contributed by atoms with E-state index in [1.54, 1.807) is 9.80 Å². The van der Waals surface area contributed by atoms with Crippen LogP contribution >= 0.6 is 12.4 Å². The molecule has 1 saturated heterocycles. The van der Waals surface area contributed by atoms with E-state index in [2.05, 4.69) is 0 Å². The van der Waals surface area contributed by atoms with E-state index < -0.39 is 6.04 Å². The quantitative estimate of drug-likeness (QED) is 0.883. The molecular weight excluding hydrogens is 345 g/mol. The SMILES string of the molecule is CC(C)C[C@H](N)C(=O)N1CCCN(C(=O)c2ccc(F)cc2)CC1.Cl. The Bertz CT molecular complexity index is 580. The number of hydrogen-bond donors (Lipinski definition) is 1. The van der Waals surface area contributed by atoms with E-state index in [1.807, 2.05) is 13.8 Å². The zero-order valence-corrected chi connectivity index (χ0v) is 15.6. The average Bonchev–Trinajstić information content (AvgIpc) is 2.79. The minimum atomic E-state index is -0.482. The van der Waals surface area contributed by atoms with Crippen molar-refractivity contribution in [2.45, 2.75) is 32.7 Å². The molecule has 1 aliphatic rings. The maximum Gasteiger partial charge on any atom is 0.253 e. The van der Waals surface area contributed by atoms with E-state index >= 15 is 0 Å².